The van der Waals surface area contributed by atoms with Crippen molar-refractivity contribution >= 4 is 11.9 Å². The molecule has 0 unspecified atom stereocenters. The number of benzene rings is 1. The summed E-state index contributed by atoms with van der Waals surface area (Å²) in [5.74, 6) is 0.153. The summed E-state index contributed by atoms with van der Waals surface area (Å²) < 4.78 is 13.8. The Labute approximate surface area is 154 Å². The van der Waals surface area contributed by atoms with Crippen LogP contribution in [-0.2, 0) is 4.79 Å². The number of carbonyl (C=O) groups excluding carboxylic acids is 2. The standard InChI is InChI=1S/C19H27FN4O2/c1-21(2)12-17(25)23-9-14-10-24(19(26)22(3)4)18(16(14)11-23)13-6-5-7-15(20)8-13/h5-8,14,16,18H,9-12H2,1-4H3/t14-,16-,18+/m1/s1. The molecule has 2 heterocycles. The predicted octanol–water partition coefficient (Wildman–Crippen LogP) is 1.50. The van der Waals surface area contributed by atoms with E-state index in [0.717, 1.165) is 5.56 Å². The van der Waals surface area contributed by atoms with Gasteiger partial charge in [0.15, 0.2) is 0 Å². The van der Waals surface area contributed by atoms with Gasteiger partial charge in [0.1, 0.15) is 5.82 Å². The summed E-state index contributed by atoms with van der Waals surface area (Å²) in [5.41, 5.74) is 0.801. The summed E-state index contributed by atoms with van der Waals surface area (Å²) >= 11 is 0. The number of likely N-dealkylation sites (N-methyl/N-ethyl adjacent to an activating group) is 1. The molecule has 2 saturated heterocycles. The Hall–Kier alpha value is -2.15. The molecule has 0 N–H and O–H groups in total. The first-order chi connectivity index (χ1) is 12.3. The van der Waals surface area contributed by atoms with Crippen LogP contribution in [0.4, 0.5) is 9.18 Å². The first-order valence-electron chi connectivity index (χ1n) is 8.94. The molecule has 1 aromatic rings. The van der Waals surface area contributed by atoms with Crippen molar-refractivity contribution in [1.29, 1.82) is 0 Å². The van der Waals surface area contributed by atoms with Crippen LogP contribution in [0.1, 0.15) is 11.6 Å². The minimum absolute atomic E-state index is 0.0696. The molecule has 3 rings (SSSR count). The molecular weight excluding hydrogens is 335 g/mol. The highest BCUT2D eigenvalue weighted by Crippen LogP contribution is 2.45. The van der Waals surface area contributed by atoms with Crippen LogP contribution in [0.2, 0.25) is 0 Å². The molecule has 3 amide bonds. The Morgan fingerprint density at radius 2 is 1.88 bits per heavy atom. The van der Waals surface area contributed by atoms with E-state index < -0.39 is 0 Å². The topological polar surface area (TPSA) is 47.1 Å². The fourth-order valence-corrected chi connectivity index (χ4v) is 4.19. The lowest BCUT2D eigenvalue weighted by atomic mass is 9.89. The van der Waals surface area contributed by atoms with E-state index in [1.807, 2.05) is 34.9 Å². The summed E-state index contributed by atoms with van der Waals surface area (Å²) in [6, 6.07) is 6.20. The predicted molar refractivity (Wildman–Crippen MR) is 97.0 cm³/mol. The molecule has 6 nitrogen and oxygen atoms in total. The van der Waals surface area contributed by atoms with Crippen LogP contribution in [0.3, 0.4) is 0 Å². The zero-order valence-electron chi connectivity index (χ0n) is 15.9. The lowest BCUT2D eigenvalue weighted by Crippen LogP contribution is -2.43. The Balaban J connectivity index is 1.86. The van der Waals surface area contributed by atoms with Crippen LogP contribution in [0.25, 0.3) is 0 Å². The summed E-state index contributed by atoms with van der Waals surface area (Å²) in [7, 11) is 7.21. The molecule has 0 aliphatic carbocycles. The molecular formula is C19H27FN4O2. The van der Waals surface area contributed by atoms with Gasteiger partial charge in [0.25, 0.3) is 0 Å². The summed E-state index contributed by atoms with van der Waals surface area (Å²) in [5, 5.41) is 0. The number of urea groups is 1. The van der Waals surface area contributed by atoms with Crippen LogP contribution < -0.4 is 0 Å². The zero-order valence-corrected chi connectivity index (χ0v) is 15.9. The second-order valence-electron chi connectivity index (χ2n) is 7.79. The second-order valence-corrected chi connectivity index (χ2v) is 7.79. The average molecular weight is 362 g/mol. The van der Waals surface area contributed by atoms with Gasteiger partial charge in [-0.25, -0.2) is 9.18 Å². The minimum Gasteiger partial charge on any atom is -0.341 e. The van der Waals surface area contributed by atoms with Gasteiger partial charge in [-0.15, -0.1) is 0 Å². The van der Waals surface area contributed by atoms with Gasteiger partial charge >= 0.3 is 6.03 Å². The Bertz CT molecular complexity index is 694. The molecule has 2 aliphatic heterocycles. The minimum atomic E-state index is -0.304. The quantitative estimate of drug-likeness (QED) is 0.819. The van der Waals surface area contributed by atoms with E-state index in [2.05, 4.69) is 0 Å². The largest absolute Gasteiger partial charge is 0.341 e. The number of nitrogens with zero attached hydrogens (tertiary/aromatic N) is 4. The van der Waals surface area contributed by atoms with Crippen molar-refractivity contribution < 1.29 is 14.0 Å². The first-order valence-corrected chi connectivity index (χ1v) is 8.94. The van der Waals surface area contributed by atoms with Crippen molar-refractivity contribution in [3.63, 3.8) is 0 Å². The summed E-state index contributed by atoms with van der Waals surface area (Å²) in [6.07, 6.45) is 0. The van der Waals surface area contributed by atoms with Gasteiger partial charge in [0.2, 0.25) is 5.91 Å². The molecule has 142 valence electrons. The number of fused-ring (bicyclic) bond motifs is 1. The van der Waals surface area contributed by atoms with E-state index in [0.29, 0.717) is 26.2 Å². The van der Waals surface area contributed by atoms with E-state index in [4.69, 9.17) is 0 Å². The van der Waals surface area contributed by atoms with Crippen molar-refractivity contribution in [1.82, 2.24) is 19.6 Å². The molecule has 2 fully saturated rings. The van der Waals surface area contributed by atoms with Crippen LogP contribution >= 0.6 is 0 Å². The fraction of sp³-hybridized carbons (Fsp3) is 0.579. The van der Waals surface area contributed by atoms with E-state index >= 15 is 0 Å². The highest BCUT2D eigenvalue weighted by atomic mass is 19.1. The van der Waals surface area contributed by atoms with Crippen molar-refractivity contribution in [2.75, 3.05) is 54.4 Å². The molecule has 26 heavy (non-hydrogen) atoms. The maximum absolute atomic E-state index is 13.8. The average Bonchev–Trinajstić information content (AvgIpc) is 3.10. The van der Waals surface area contributed by atoms with Crippen molar-refractivity contribution in [2.24, 2.45) is 11.8 Å². The van der Waals surface area contributed by atoms with Crippen LogP contribution in [0, 0.1) is 17.7 Å². The number of halogens is 1. The number of hydrogen-bond acceptors (Lipinski definition) is 3. The molecule has 0 saturated carbocycles. The van der Waals surface area contributed by atoms with E-state index in [-0.39, 0.29) is 35.6 Å². The van der Waals surface area contributed by atoms with Crippen molar-refractivity contribution in [3.05, 3.63) is 35.6 Å². The number of rotatable bonds is 3. The maximum Gasteiger partial charge on any atom is 0.320 e. The zero-order chi connectivity index (χ0) is 19.0. The van der Waals surface area contributed by atoms with Gasteiger partial charge in [-0.05, 0) is 31.8 Å². The summed E-state index contributed by atoms with van der Waals surface area (Å²) in [6.45, 7) is 2.23. The number of hydrogen-bond donors (Lipinski definition) is 0. The van der Waals surface area contributed by atoms with Gasteiger partial charge in [-0.1, -0.05) is 12.1 Å². The van der Waals surface area contributed by atoms with Crippen molar-refractivity contribution in [3.8, 4) is 0 Å². The third-order valence-electron chi connectivity index (χ3n) is 5.29. The molecule has 2 aliphatic rings. The SMILES string of the molecule is CN(C)CC(=O)N1C[C@@H]2CN(C(=O)N(C)C)[C@@H](c3cccc(F)c3)[C@@H]2C1. The number of likely N-dealkylation sites (tertiary alicyclic amines) is 2. The molecule has 0 radical (unpaired) electrons. The van der Waals surface area contributed by atoms with Crippen LogP contribution in [0.15, 0.2) is 24.3 Å². The maximum atomic E-state index is 13.8. The monoisotopic (exact) mass is 362 g/mol. The third kappa shape index (κ3) is 3.53. The summed E-state index contributed by atoms with van der Waals surface area (Å²) in [4.78, 5) is 32.3. The van der Waals surface area contributed by atoms with Gasteiger partial charge in [-0.3, -0.25) is 4.79 Å². The van der Waals surface area contributed by atoms with Crippen LogP contribution in [-0.4, -0.2) is 85.9 Å². The molecule has 3 atom stereocenters. The highest BCUT2D eigenvalue weighted by molar-refractivity contribution is 5.79. The molecule has 0 aromatic heterocycles. The normalized spacial score (nSPS) is 24.9. The molecule has 0 spiro atoms. The fourth-order valence-electron chi connectivity index (χ4n) is 4.19. The first kappa shape index (κ1) is 18.6. The number of carbonyl (C=O) groups is 2. The second kappa shape index (κ2) is 7.23. The van der Waals surface area contributed by atoms with Crippen molar-refractivity contribution in [2.45, 2.75) is 6.04 Å². The molecule has 7 heteroatoms. The van der Waals surface area contributed by atoms with E-state index in [9.17, 15) is 14.0 Å². The van der Waals surface area contributed by atoms with Gasteiger partial charge in [0.05, 0.1) is 12.6 Å². The Kier molecular flexibility index (Phi) is 5.18. The van der Waals surface area contributed by atoms with Gasteiger partial charge < -0.3 is 19.6 Å². The smallest absolute Gasteiger partial charge is 0.320 e. The number of amides is 3. The molecule has 1 aromatic carbocycles. The highest BCUT2D eigenvalue weighted by Gasteiger charge is 2.50. The molecule has 0 bridgehead atoms. The Morgan fingerprint density at radius 3 is 2.50 bits per heavy atom. The lowest BCUT2D eigenvalue weighted by molar-refractivity contribution is -0.131. The van der Waals surface area contributed by atoms with Gasteiger partial charge in [0, 0.05) is 45.6 Å². The van der Waals surface area contributed by atoms with Crippen LogP contribution in [0.5, 0.6) is 0 Å². The van der Waals surface area contributed by atoms with E-state index in [1.165, 1.54) is 12.1 Å². The third-order valence-corrected chi connectivity index (χ3v) is 5.29. The Morgan fingerprint density at radius 1 is 1.15 bits per heavy atom. The van der Waals surface area contributed by atoms with Gasteiger partial charge in [-0.2, -0.15) is 0 Å². The van der Waals surface area contributed by atoms with E-state index in [1.54, 1.807) is 25.1 Å². The lowest BCUT2D eigenvalue weighted by Gasteiger charge is -2.32.